The lowest BCUT2D eigenvalue weighted by Gasteiger charge is -2.28. The summed E-state index contributed by atoms with van der Waals surface area (Å²) in [6, 6.07) is 0. The van der Waals surface area contributed by atoms with Crippen LogP contribution < -0.4 is 16.3 Å². The van der Waals surface area contributed by atoms with Gasteiger partial charge >= 0.3 is 0 Å². The molecule has 3 N–H and O–H groups in total. The Kier molecular flexibility index (Phi) is 4.01. The number of rotatable bonds is 3. The number of aliphatic imine (C=N–C) groups is 1. The van der Waals surface area contributed by atoms with Crippen molar-refractivity contribution >= 4 is 17.4 Å². The summed E-state index contributed by atoms with van der Waals surface area (Å²) in [5.41, 5.74) is 8.86. The van der Waals surface area contributed by atoms with Crippen LogP contribution in [0.5, 0.6) is 0 Å². The zero-order chi connectivity index (χ0) is 9.68. The summed E-state index contributed by atoms with van der Waals surface area (Å²) >= 11 is 5.83. The van der Waals surface area contributed by atoms with E-state index in [1.165, 1.54) is 0 Å². The molecule has 0 aromatic carbocycles. The average molecular weight is 204 g/mol. The number of hydrogen-bond donors (Lipinski definition) is 3. The first kappa shape index (κ1) is 10.3. The number of nitrogens with one attached hydrogen (secondary N) is 3. The van der Waals surface area contributed by atoms with E-state index in [0.717, 1.165) is 18.9 Å². The second-order valence-corrected chi connectivity index (χ2v) is 2.83. The van der Waals surface area contributed by atoms with Crippen LogP contribution in [0.3, 0.4) is 0 Å². The largest absolute Gasteiger partial charge is 0.277 e. The summed E-state index contributed by atoms with van der Waals surface area (Å²) in [6.07, 6.45) is 1.74. The molecule has 0 saturated carbocycles. The molecule has 0 radical (unpaired) electrons. The molecular formula is C7H14ClN5. The van der Waals surface area contributed by atoms with Crippen molar-refractivity contribution in [2.45, 2.75) is 13.8 Å². The second-order valence-electron chi connectivity index (χ2n) is 2.42. The Morgan fingerprint density at radius 1 is 1.54 bits per heavy atom. The van der Waals surface area contributed by atoms with Gasteiger partial charge in [-0.1, -0.05) is 23.8 Å². The minimum atomic E-state index is 0.534. The number of hydrogen-bond acceptors (Lipinski definition) is 4. The van der Waals surface area contributed by atoms with Crippen LogP contribution in [0.4, 0.5) is 0 Å². The number of nitrogens with zero attached hydrogens (tertiary/aromatic N) is 2. The molecule has 13 heavy (non-hydrogen) atoms. The Hall–Kier alpha value is -0.780. The molecule has 0 aromatic rings. The molecule has 74 valence electrons. The molecule has 1 rings (SSSR count). The van der Waals surface area contributed by atoms with Gasteiger partial charge in [-0.25, -0.2) is 5.43 Å². The molecule has 6 heteroatoms. The standard InChI is InChI=1S/C7H14ClN5/c1-3-9-7-5-6(8)11-13(12-7)10-4-2/h5,10-11H,3-4H2,1-2H3,(H,9,12). The number of hydrazine groups is 3. The van der Waals surface area contributed by atoms with Crippen molar-refractivity contribution in [3.05, 3.63) is 11.2 Å². The van der Waals surface area contributed by atoms with Gasteiger partial charge in [0.05, 0.1) is 0 Å². The quantitative estimate of drug-likeness (QED) is 0.579. The molecule has 5 nitrogen and oxygen atoms in total. The highest BCUT2D eigenvalue weighted by Gasteiger charge is 2.11. The van der Waals surface area contributed by atoms with Crippen LogP contribution in [-0.4, -0.2) is 24.2 Å². The van der Waals surface area contributed by atoms with Gasteiger partial charge in [0.1, 0.15) is 11.0 Å². The zero-order valence-corrected chi connectivity index (χ0v) is 8.52. The molecule has 0 unspecified atom stereocenters. The summed E-state index contributed by atoms with van der Waals surface area (Å²) in [5.74, 6) is 0.743. The van der Waals surface area contributed by atoms with Crippen LogP contribution in [0, 0.1) is 0 Å². The minimum absolute atomic E-state index is 0.534. The predicted molar refractivity (Wildman–Crippen MR) is 53.7 cm³/mol. The van der Waals surface area contributed by atoms with Gasteiger partial charge in [-0.15, -0.1) is 0 Å². The molecule has 0 aliphatic carbocycles. The molecule has 0 spiro atoms. The smallest absolute Gasteiger partial charge is 0.141 e. The molecule has 0 fully saturated rings. The average Bonchev–Trinajstić information content (AvgIpc) is 2.04. The molecule has 1 heterocycles. The molecular weight excluding hydrogens is 190 g/mol. The number of halogens is 1. The molecule has 0 bridgehead atoms. The van der Waals surface area contributed by atoms with Gasteiger partial charge in [-0.2, -0.15) is 0 Å². The van der Waals surface area contributed by atoms with E-state index in [1.54, 1.807) is 11.3 Å². The summed E-state index contributed by atoms with van der Waals surface area (Å²) in [4.78, 5) is 4.19. The first-order chi connectivity index (χ1) is 6.26. The molecule has 0 saturated heterocycles. The highest BCUT2D eigenvalue weighted by atomic mass is 35.5. The van der Waals surface area contributed by atoms with Crippen molar-refractivity contribution in [3.8, 4) is 0 Å². The van der Waals surface area contributed by atoms with E-state index >= 15 is 0 Å². The summed E-state index contributed by atoms with van der Waals surface area (Å²) in [5, 5.41) is 2.11. The van der Waals surface area contributed by atoms with Crippen molar-refractivity contribution in [2.75, 3.05) is 13.1 Å². The maximum absolute atomic E-state index is 5.83. The van der Waals surface area contributed by atoms with E-state index < -0.39 is 0 Å². The maximum atomic E-state index is 5.83. The van der Waals surface area contributed by atoms with Gasteiger partial charge in [-0.05, 0) is 6.92 Å². The third kappa shape index (κ3) is 3.22. The number of amidine groups is 1. The van der Waals surface area contributed by atoms with E-state index in [-0.39, 0.29) is 0 Å². The lowest BCUT2D eigenvalue weighted by atomic mass is 10.5. The normalized spacial score (nSPS) is 20.8. The van der Waals surface area contributed by atoms with Crippen molar-refractivity contribution in [2.24, 2.45) is 4.99 Å². The van der Waals surface area contributed by atoms with Crippen molar-refractivity contribution in [3.63, 3.8) is 0 Å². The third-order valence-corrected chi connectivity index (χ3v) is 1.55. The van der Waals surface area contributed by atoms with Crippen molar-refractivity contribution in [1.82, 2.24) is 21.5 Å². The summed E-state index contributed by atoms with van der Waals surface area (Å²) in [6.45, 7) is 5.48. The van der Waals surface area contributed by atoms with Gasteiger partial charge in [0, 0.05) is 19.2 Å². The van der Waals surface area contributed by atoms with Gasteiger partial charge < -0.3 is 0 Å². The SMILES string of the molecule is CCN=C1C=C(Cl)NN(NCC)N1. The van der Waals surface area contributed by atoms with Crippen LogP contribution in [0.25, 0.3) is 0 Å². The molecule has 0 atom stereocenters. The maximum Gasteiger partial charge on any atom is 0.141 e. The Morgan fingerprint density at radius 3 is 2.92 bits per heavy atom. The van der Waals surface area contributed by atoms with Crippen LogP contribution in [0.1, 0.15) is 13.8 Å². The van der Waals surface area contributed by atoms with Gasteiger partial charge in [0.25, 0.3) is 0 Å². The minimum Gasteiger partial charge on any atom is -0.277 e. The van der Waals surface area contributed by atoms with E-state index in [0.29, 0.717) is 5.16 Å². The van der Waals surface area contributed by atoms with Gasteiger partial charge in [0.15, 0.2) is 0 Å². The third-order valence-electron chi connectivity index (χ3n) is 1.35. The van der Waals surface area contributed by atoms with E-state index in [4.69, 9.17) is 11.6 Å². The topological polar surface area (TPSA) is 51.7 Å². The van der Waals surface area contributed by atoms with Crippen molar-refractivity contribution < 1.29 is 0 Å². The van der Waals surface area contributed by atoms with Crippen LogP contribution >= 0.6 is 11.6 Å². The molecule has 1 aliphatic rings. The van der Waals surface area contributed by atoms with Gasteiger partial charge in [-0.3, -0.25) is 15.8 Å². The van der Waals surface area contributed by atoms with Crippen LogP contribution in [-0.2, 0) is 0 Å². The lowest BCUT2D eigenvalue weighted by Crippen LogP contribution is -2.59. The molecule has 0 amide bonds. The monoisotopic (exact) mass is 203 g/mol. The van der Waals surface area contributed by atoms with E-state index in [2.05, 4.69) is 21.3 Å². The van der Waals surface area contributed by atoms with E-state index in [9.17, 15) is 0 Å². The van der Waals surface area contributed by atoms with E-state index in [1.807, 2.05) is 13.8 Å². The van der Waals surface area contributed by atoms with Crippen molar-refractivity contribution in [1.29, 1.82) is 0 Å². The Bertz CT molecular complexity index is 225. The first-order valence-corrected chi connectivity index (χ1v) is 4.62. The Labute approximate surface area is 82.8 Å². The molecule has 1 aliphatic heterocycles. The second kappa shape index (κ2) is 5.06. The Morgan fingerprint density at radius 2 is 2.31 bits per heavy atom. The highest BCUT2D eigenvalue weighted by Crippen LogP contribution is 2.00. The van der Waals surface area contributed by atoms with Crippen LogP contribution in [0.2, 0.25) is 0 Å². The molecule has 0 aromatic heterocycles. The highest BCUT2D eigenvalue weighted by molar-refractivity contribution is 6.31. The predicted octanol–water partition coefficient (Wildman–Crippen LogP) is 0.334. The zero-order valence-electron chi connectivity index (χ0n) is 7.76. The summed E-state index contributed by atoms with van der Waals surface area (Å²) < 4.78 is 0. The van der Waals surface area contributed by atoms with Gasteiger partial charge in [0.2, 0.25) is 0 Å². The summed E-state index contributed by atoms with van der Waals surface area (Å²) in [7, 11) is 0. The Balaban J connectivity index is 2.60. The fourth-order valence-corrected chi connectivity index (χ4v) is 1.11. The fraction of sp³-hybridized carbons (Fsp3) is 0.571. The van der Waals surface area contributed by atoms with Crippen LogP contribution in [0.15, 0.2) is 16.2 Å². The first-order valence-electron chi connectivity index (χ1n) is 4.24. The lowest BCUT2D eigenvalue weighted by molar-refractivity contribution is 0.101. The fourth-order valence-electron chi connectivity index (χ4n) is 0.922.